The van der Waals surface area contributed by atoms with Gasteiger partial charge in [-0.25, -0.2) is 4.79 Å². The third-order valence-corrected chi connectivity index (χ3v) is 1.10. The van der Waals surface area contributed by atoms with E-state index < -0.39 is 12.1 Å². The second kappa shape index (κ2) is 6.82. The van der Waals surface area contributed by atoms with Crippen LogP contribution in [-0.4, -0.2) is 37.0 Å². The summed E-state index contributed by atoms with van der Waals surface area (Å²) in [6.45, 7) is 5.70. The lowest BCUT2D eigenvalue weighted by Crippen LogP contribution is -2.23. The molecule has 4 nitrogen and oxygen atoms in total. The number of hydrogen-bond acceptors (Lipinski definition) is 4. The van der Waals surface area contributed by atoms with Crippen LogP contribution in [0.5, 0.6) is 0 Å². The van der Waals surface area contributed by atoms with Crippen LogP contribution in [0, 0.1) is 0 Å². The monoisotopic (exact) mass is 174 g/mol. The van der Waals surface area contributed by atoms with E-state index in [1.807, 2.05) is 6.92 Å². The predicted molar refractivity (Wildman–Crippen MR) is 43.7 cm³/mol. The van der Waals surface area contributed by atoms with Gasteiger partial charge in [0.1, 0.15) is 12.7 Å². The SMILES string of the molecule is C=CC(=O)OCC(O)COCC. The molecule has 0 aliphatic carbocycles. The van der Waals surface area contributed by atoms with Crippen LogP contribution < -0.4 is 0 Å². The predicted octanol–water partition coefficient (Wildman–Crippen LogP) is 0.113. The number of aliphatic hydroxyl groups excluding tert-OH is 1. The van der Waals surface area contributed by atoms with Gasteiger partial charge in [0.05, 0.1) is 6.61 Å². The van der Waals surface area contributed by atoms with E-state index in [-0.39, 0.29) is 13.2 Å². The van der Waals surface area contributed by atoms with E-state index in [2.05, 4.69) is 11.3 Å². The molecular formula is C8H14O4. The average Bonchev–Trinajstić information content (AvgIpc) is 2.10. The van der Waals surface area contributed by atoms with Crippen molar-refractivity contribution < 1.29 is 19.4 Å². The Balaban J connectivity index is 3.36. The second-order valence-electron chi connectivity index (χ2n) is 2.15. The molecule has 0 fully saturated rings. The minimum Gasteiger partial charge on any atom is -0.460 e. The van der Waals surface area contributed by atoms with Crippen molar-refractivity contribution in [2.45, 2.75) is 13.0 Å². The largest absolute Gasteiger partial charge is 0.460 e. The highest BCUT2D eigenvalue weighted by atomic mass is 16.5. The molecule has 0 saturated heterocycles. The molecule has 0 aromatic carbocycles. The Hall–Kier alpha value is -0.870. The maximum absolute atomic E-state index is 10.5. The number of aliphatic hydroxyl groups is 1. The summed E-state index contributed by atoms with van der Waals surface area (Å²) in [4.78, 5) is 10.5. The molecule has 70 valence electrons. The minimum absolute atomic E-state index is 0.0507. The van der Waals surface area contributed by atoms with Crippen molar-refractivity contribution in [2.75, 3.05) is 19.8 Å². The fourth-order valence-corrected chi connectivity index (χ4v) is 0.539. The first-order valence-electron chi connectivity index (χ1n) is 3.75. The zero-order valence-corrected chi connectivity index (χ0v) is 7.16. The molecule has 0 aromatic rings. The topological polar surface area (TPSA) is 55.8 Å². The number of rotatable bonds is 6. The van der Waals surface area contributed by atoms with Crippen LogP contribution >= 0.6 is 0 Å². The molecular weight excluding hydrogens is 160 g/mol. The molecule has 0 bridgehead atoms. The molecule has 0 radical (unpaired) electrons. The number of carbonyl (C=O) groups excluding carboxylic acids is 1. The molecule has 0 rings (SSSR count). The van der Waals surface area contributed by atoms with E-state index in [4.69, 9.17) is 9.84 Å². The zero-order chi connectivity index (χ0) is 9.40. The van der Waals surface area contributed by atoms with Gasteiger partial charge >= 0.3 is 5.97 Å². The maximum Gasteiger partial charge on any atom is 0.330 e. The molecule has 0 aliphatic heterocycles. The Kier molecular flexibility index (Phi) is 6.32. The molecule has 0 heterocycles. The van der Waals surface area contributed by atoms with Crippen molar-refractivity contribution in [2.24, 2.45) is 0 Å². The van der Waals surface area contributed by atoms with Crippen LogP contribution in [0.25, 0.3) is 0 Å². The van der Waals surface area contributed by atoms with Gasteiger partial charge in [0.25, 0.3) is 0 Å². The number of carbonyl (C=O) groups is 1. The van der Waals surface area contributed by atoms with Crippen LogP contribution in [-0.2, 0) is 14.3 Å². The van der Waals surface area contributed by atoms with Gasteiger partial charge in [-0.1, -0.05) is 6.58 Å². The Morgan fingerprint density at radius 1 is 1.67 bits per heavy atom. The smallest absolute Gasteiger partial charge is 0.330 e. The van der Waals surface area contributed by atoms with Crippen LogP contribution in [0.15, 0.2) is 12.7 Å². The van der Waals surface area contributed by atoms with Gasteiger partial charge in [0, 0.05) is 12.7 Å². The molecule has 0 aliphatic rings. The highest BCUT2D eigenvalue weighted by Crippen LogP contribution is 1.88. The molecule has 12 heavy (non-hydrogen) atoms. The van der Waals surface area contributed by atoms with Crippen LogP contribution in [0.3, 0.4) is 0 Å². The third kappa shape index (κ3) is 5.88. The average molecular weight is 174 g/mol. The molecule has 0 aromatic heterocycles. The van der Waals surface area contributed by atoms with Gasteiger partial charge in [-0.3, -0.25) is 0 Å². The Morgan fingerprint density at radius 3 is 2.83 bits per heavy atom. The molecule has 1 atom stereocenters. The Bertz CT molecular complexity index is 144. The van der Waals surface area contributed by atoms with Gasteiger partial charge in [-0.15, -0.1) is 0 Å². The van der Waals surface area contributed by atoms with Gasteiger partial charge in [0.2, 0.25) is 0 Å². The van der Waals surface area contributed by atoms with E-state index in [9.17, 15) is 4.79 Å². The van der Waals surface area contributed by atoms with E-state index >= 15 is 0 Å². The van der Waals surface area contributed by atoms with Crippen molar-refractivity contribution in [1.82, 2.24) is 0 Å². The van der Waals surface area contributed by atoms with E-state index in [1.165, 1.54) is 0 Å². The summed E-state index contributed by atoms with van der Waals surface area (Å²) in [5, 5.41) is 9.09. The Morgan fingerprint density at radius 2 is 2.33 bits per heavy atom. The van der Waals surface area contributed by atoms with Gasteiger partial charge in [-0.05, 0) is 6.92 Å². The highest BCUT2D eigenvalue weighted by Gasteiger charge is 2.05. The molecule has 1 unspecified atom stereocenters. The first kappa shape index (κ1) is 11.1. The highest BCUT2D eigenvalue weighted by molar-refractivity contribution is 5.81. The first-order chi connectivity index (χ1) is 5.70. The van der Waals surface area contributed by atoms with Crippen molar-refractivity contribution in [3.63, 3.8) is 0 Å². The summed E-state index contributed by atoms with van der Waals surface area (Å²) in [6.07, 6.45) is 0.293. The number of hydrogen-bond donors (Lipinski definition) is 1. The van der Waals surface area contributed by atoms with Crippen LogP contribution in [0.1, 0.15) is 6.92 Å². The van der Waals surface area contributed by atoms with Crippen molar-refractivity contribution >= 4 is 5.97 Å². The van der Waals surface area contributed by atoms with E-state index in [0.29, 0.717) is 6.61 Å². The normalized spacial score (nSPS) is 12.2. The third-order valence-electron chi connectivity index (χ3n) is 1.10. The molecule has 0 spiro atoms. The summed E-state index contributed by atoms with van der Waals surface area (Å²) in [5.41, 5.74) is 0. The van der Waals surface area contributed by atoms with Crippen LogP contribution in [0.2, 0.25) is 0 Å². The summed E-state index contributed by atoms with van der Waals surface area (Å²) in [5.74, 6) is -0.537. The molecule has 1 N–H and O–H groups in total. The molecule has 0 amide bonds. The summed E-state index contributed by atoms with van der Waals surface area (Å²) in [6, 6.07) is 0. The molecule has 4 heteroatoms. The lowest BCUT2D eigenvalue weighted by Gasteiger charge is -2.09. The number of esters is 1. The second-order valence-corrected chi connectivity index (χ2v) is 2.15. The lowest BCUT2D eigenvalue weighted by molar-refractivity contribution is -0.141. The zero-order valence-electron chi connectivity index (χ0n) is 7.16. The fourth-order valence-electron chi connectivity index (χ4n) is 0.539. The molecule has 0 saturated carbocycles. The summed E-state index contributed by atoms with van der Waals surface area (Å²) >= 11 is 0. The number of ether oxygens (including phenoxy) is 2. The van der Waals surface area contributed by atoms with Gasteiger partial charge < -0.3 is 14.6 Å². The van der Waals surface area contributed by atoms with Gasteiger partial charge in [0.15, 0.2) is 0 Å². The van der Waals surface area contributed by atoms with Crippen molar-refractivity contribution in [3.05, 3.63) is 12.7 Å². The van der Waals surface area contributed by atoms with Crippen molar-refractivity contribution in [3.8, 4) is 0 Å². The first-order valence-corrected chi connectivity index (χ1v) is 3.75. The van der Waals surface area contributed by atoms with Crippen molar-refractivity contribution in [1.29, 1.82) is 0 Å². The lowest BCUT2D eigenvalue weighted by atomic mass is 10.4. The minimum atomic E-state index is -0.756. The fraction of sp³-hybridized carbons (Fsp3) is 0.625. The Labute approximate surface area is 71.8 Å². The van der Waals surface area contributed by atoms with Crippen LogP contribution in [0.4, 0.5) is 0 Å². The summed E-state index contributed by atoms with van der Waals surface area (Å²) < 4.78 is 9.46. The quantitative estimate of drug-likeness (QED) is 0.459. The standard InChI is InChI=1S/C8H14O4/c1-3-8(10)12-6-7(9)5-11-4-2/h3,7,9H,1,4-6H2,2H3. The summed E-state index contributed by atoms with van der Waals surface area (Å²) in [7, 11) is 0. The maximum atomic E-state index is 10.5. The van der Waals surface area contributed by atoms with Gasteiger partial charge in [-0.2, -0.15) is 0 Å². The van der Waals surface area contributed by atoms with E-state index in [0.717, 1.165) is 6.08 Å². The van der Waals surface area contributed by atoms with E-state index in [1.54, 1.807) is 0 Å².